The molecule has 1 aromatic carbocycles. The third-order valence-corrected chi connectivity index (χ3v) is 5.97. The monoisotopic (exact) mass is 299 g/mol. The molecule has 0 aliphatic heterocycles. The van der Waals surface area contributed by atoms with Crippen molar-refractivity contribution in [2.24, 2.45) is 5.92 Å². The van der Waals surface area contributed by atoms with Crippen LogP contribution in [0.25, 0.3) is 0 Å². The Kier molecular flexibility index (Phi) is 4.77. The summed E-state index contributed by atoms with van der Waals surface area (Å²) in [4.78, 5) is 3.07. The summed E-state index contributed by atoms with van der Waals surface area (Å²) in [5.74, 6) is 0.710. The molecule has 0 bridgehead atoms. The highest BCUT2D eigenvalue weighted by Crippen LogP contribution is 2.36. The Morgan fingerprint density at radius 1 is 1.14 bits per heavy atom. The van der Waals surface area contributed by atoms with Gasteiger partial charge in [-0.05, 0) is 68.3 Å². The van der Waals surface area contributed by atoms with Gasteiger partial charge >= 0.3 is 0 Å². The van der Waals surface area contributed by atoms with Crippen LogP contribution in [-0.4, -0.2) is 7.05 Å². The number of rotatable bonds is 4. The zero-order valence-electron chi connectivity index (χ0n) is 13.1. The van der Waals surface area contributed by atoms with Crippen LogP contribution in [0.15, 0.2) is 36.4 Å². The molecular weight excluding hydrogens is 274 g/mol. The first-order valence-electron chi connectivity index (χ1n) is 8.14. The minimum atomic E-state index is 0.496. The van der Waals surface area contributed by atoms with Crippen molar-refractivity contribution in [3.63, 3.8) is 0 Å². The van der Waals surface area contributed by atoms with Crippen LogP contribution >= 0.6 is 11.3 Å². The van der Waals surface area contributed by atoms with E-state index in [2.05, 4.69) is 55.7 Å². The quantitative estimate of drug-likeness (QED) is 0.802. The van der Waals surface area contributed by atoms with Crippen LogP contribution in [-0.2, 0) is 19.3 Å². The summed E-state index contributed by atoms with van der Waals surface area (Å²) in [5.41, 5.74) is 3.06. The van der Waals surface area contributed by atoms with E-state index >= 15 is 0 Å². The molecule has 1 N–H and O–H groups in total. The SMILES string of the molecule is CCc1ccc(CC2CCCc3ccccc3C2NC)s1. The minimum Gasteiger partial charge on any atom is -0.313 e. The molecule has 1 aliphatic rings. The summed E-state index contributed by atoms with van der Waals surface area (Å²) in [5, 5.41) is 3.60. The Morgan fingerprint density at radius 3 is 2.71 bits per heavy atom. The van der Waals surface area contributed by atoms with Gasteiger partial charge in [0.2, 0.25) is 0 Å². The van der Waals surface area contributed by atoms with Gasteiger partial charge in [0.05, 0.1) is 0 Å². The summed E-state index contributed by atoms with van der Waals surface area (Å²) < 4.78 is 0. The number of fused-ring (bicyclic) bond motifs is 1. The number of hydrogen-bond donors (Lipinski definition) is 1. The van der Waals surface area contributed by atoms with Crippen LogP contribution in [0.1, 0.15) is 46.7 Å². The molecule has 2 aromatic rings. The first-order chi connectivity index (χ1) is 10.3. The normalized spacial score (nSPS) is 21.8. The topological polar surface area (TPSA) is 12.0 Å². The molecule has 1 nitrogen and oxygen atoms in total. The lowest BCUT2D eigenvalue weighted by atomic mass is 9.88. The van der Waals surface area contributed by atoms with Crippen LogP contribution < -0.4 is 5.32 Å². The van der Waals surface area contributed by atoms with E-state index in [1.54, 1.807) is 10.4 Å². The van der Waals surface area contributed by atoms with Gasteiger partial charge in [0.25, 0.3) is 0 Å². The number of thiophene rings is 1. The third-order valence-electron chi connectivity index (χ3n) is 4.72. The molecule has 0 fully saturated rings. The van der Waals surface area contributed by atoms with Crippen LogP contribution in [0.3, 0.4) is 0 Å². The first-order valence-corrected chi connectivity index (χ1v) is 8.96. The van der Waals surface area contributed by atoms with Crippen LogP contribution in [0, 0.1) is 5.92 Å². The fourth-order valence-corrected chi connectivity index (χ4v) is 4.68. The zero-order chi connectivity index (χ0) is 14.7. The fourth-order valence-electron chi connectivity index (χ4n) is 3.63. The molecule has 0 amide bonds. The average molecular weight is 299 g/mol. The van der Waals surface area contributed by atoms with Gasteiger partial charge in [-0.3, -0.25) is 0 Å². The molecule has 0 spiro atoms. The number of benzene rings is 1. The van der Waals surface area contributed by atoms with E-state index in [0.717, 1.165) is 6.42 Å². The highest BCUT2D eigenvalue weighted by atomic mass is 32.1. The minimum absolute atomic E-state index is 0.496. The summed E-state index contributed by atoms with van der Waals surface area (Å²) in [7, 11) is 2.12. The van der Waals surface area contributed by atoms with E-state index in [9.17, 15) is 0 Å². The summed E-state index contributed by atoms with van der Waals surface area (Å²) >= 11 is 2.00. The van der Waals surface area contributed by atoms with Crippen LogP contribution in [0.5, 0.6) is 0 Å². The molecule has 2 unspecified atom stereocenters. The van der Waals surface area contributed by atoms with Crippen molar-refractivity contribution in [2.45, 2.75) is 45.1 Å². The van der Waals surface area contributed by atoms with Gasteiger partial charge in [0, 0.05) is 15.8 Å². The van der Waals surface area contributed by atoms with Crippen molar-refractivity contribution in [3.8, 4) is 0 Å². The lowest BCUT2D eigenvalue weighted by Crippen LogP contribution is -2.26. The van der Waals surface area contributed by atoms with E-state index < -0.39 is 0 Å². The van der Waals surface area contributed by atoms with Gasteiger partial charge in [-0.25, -0.2) is 0 Å². The molecule has 1 heterocycles. The van der Waals surface area contributed by atoms with Crippen molar-refractivity contribution in [3.05, 3.63) is 57.3 Å². The van der Waals surface area contributed by atoms with Gasteiger partial charge in [-0.15, -0.1) is 11.3 Å². The summed E-state index contributed by atoms with van der Waals surface area (Å²) in [6.07, 6.45) is 6.24. The van der Waals surface area contributed by atoms with E-state index in [4.69, 9.17) is 0 Å². The molecule has 0 radical (unpaired) electrons. The maximum absolute atomic E-state index is 3.60. The van der Waals surface area contributed by atoms with Crippen LogP contribution in [0.2, 0.25) is 0 Å². The van der Waals surface area contributed by atoms with Gasteiger partial charge in [0.1, 0.15) is 0 Å². The van der Waals surface area contributed by atoms with Crippen molar-refractivity contribution >= 4 is 11.3 Å². The Morgan fingerprint density at radius 2 is 1.95 bits per heavy atom. The van der Waals surface area contributed by atoms with Gasteiger partial charge in [-0.2, -0.15) is 0 Å². The highest BCUT2D eigenvalue weighted by molar-refractivity contribution is 7.11. The Balaban J connectivity index is 1.84. The second-order valence-electron chi connectivity index (χ2n) is 6.04. The van der Waals surface area contributed by atoms with E-state index in [-0.39, 0.29) is 0 Å². The van der Waals surface area contributed by atoms with E-state index in [1.165, 1.54) is 36.1 Å². The maximum Gasteiger partial charge on any atom is 0.0352 e. The lowest BCUT2D eigenvalue weighted by molar-refractivity contribution is 0.361. The molecule has 0 saturated heterocycles. The smallest absolute Gasteiger partial charge is 0.0352 e. The highest BCUT2D eigenvalue weighted by Gasteiger charge is 2.26. The Bertz CT molecular complexity index is 587. The predicted molar refractivity (Wildman–Crippen MR) is 92.1 cm³/mol. The predicted octanol–water partition coefficient (Wildman–Crippen LogP) is 4.77. The average Bonchev–Trinajstić information content (AvgIpc) is 2.89. The second-order valence-corrected chi connectivity index (χ2v) is 7.30. The molecule has 21 heavy (non-hydrogen) atoms. The van der Waals surface area contributed by atoms with E-state index in [0.29, 0.717) is 12.0 Å². The molecule has 2 atom stereocenters. The second kappa shape index (κ2) is 6.76. The standard InChI is InChI=1S/C19H25NS/c1-3-16-11-12-17(21-16)13-15-9-6-8-14-7-4-5-10-18(14)19(15)20-2/h4-5,7,10-12,15,19-20H,3,6,8-9,13H2,1-2H3. The maximum atomic E-state index is 3.60. The molecule has 112 valence electrons. The Hall–Kier alpha value is -1.12. The Labute approximate surface area is 132 Å². The van der Waals surface area contributed by atoms with Gasteiger partial charge in [-0.1, -0.05) is 31.2 Å². The molecule has 1 aliphatic carbocycles. The number of nitrogens with one attached hydrogen (secondary N) is 1. The lowest BCUT2D eigenvalue weighted by Gasteiger charge is -2.26. The van der Waals surface area contributed by atoms with Crippen LogP contribution in [0.4, 0.5) is 0 Å². The summed E-state index contributed by atoms with van der Waals surface area (Å²) in [6.45, 7) is 2.24. The number of aryl methyl sites for hydroxylation is 2. The van der Waals surface area contributed by atoms with Gasteiger partial charge in [0.15, 0.2) is 0 Å². The molecule has 0 saturated carbocycles. The van der Waals surface area contributed by atoms with Crippen molar-refractivity contribution in [2.75, 3.05) is 7.05 Å². The first kappa shape index (κ1) is 14.8. The zero-order valence-corrected chi connectivity index (χ0v) is 13.9. The molecular formula is C19H25NS. The fraction of sp³-hybridized carbons (Fsp3) is 0.474. The van der Waals surface area contributed by atoms with E-state index in [1.807, 2.05) is 11.3 Å². The summed E-state index contributed by atoms with van der Waals surface area (Å²) in [6, 6.07) is 14.1. The molecule has 2 heteroatoms. The van der Waals surface area contributed by atoms with Crippen molar-refractivity contribution < 1.29 is 0 Å². The van der Waals surface area contributed by atoms with Crippen molar-refractivity contribution in [1.82, 2.24) is 5.32 Å². The molecule has 1 aromatic heterocycles. The molecule has 3 rings (SSSR count). The van der Waals surface area contributed by atoms with Crippen molar-refractivity contribution in [1.29, 1.82) is 0 Å². The number of hydrogen-bond acceptors (Lipinski definition) is 2. The van der Waals surface area contributed by atoms with Gasteiger partial charge < -0.3 is 5.32 Å². The largest absolute Gasteiger partial charge is 0.313 e. The third kappa shape index (κ3) is 3.22.